The summed E-state index contributed by atoms with van der Waals surface area (Å²) in [6.07, 6.45) is 2.12. The number of piperidine rings is 1. The van der Waals surface area contributed by atoms with E-state index in [1.807, 2.05) is 17.0 Å². The first-order valence-electron chi connectivity index (χ1n) is 7.51. The molecule has 0 spiro atoms. The maximum atomic E-state index is 12.8. The van der Waals surface area contributed by atoms with Crippen LogP contribution in [0.4, 0.5) is 11.4 Å². The lowest BCUT2D eigenvalue weighted by molar-refractivity contribution is -0.121. The Balaban J connectivity index is 1.84. The molecule has 3 rings (SSSR count). The van der Waals surface area contributed by atoms with Crippen LogP contribution in [0.1, 0.15) is 19.8 Å². The lowest BCUT2D eigenvalue weighted by Crippen LogP contribution is -2.53. The van der Waals surface area contributed by atoms with E-state index in [4.69, 9.17) is 0 Å². The van der Waals surface area contributed by atoms with Gasteiger partial charge in [-0.25, -0.2) is 0 Å². The standard InChI is InChI=1S/C16H23N3O/c1-12-7-8-17-13(11-12)16(20)19-10-9-18(2)14-5-3-4-6-15(14)19/h3-6,12-13,17H,7-11H2,1-2H3. The number of anilines is 2. The Bertz CT molecular complexity index is 502. The molecule has 1 amide bonds. The second kappa shape index (κ2) is 5.44. The summed E-state index contributed by atoms with van der Waals surface area (Å²) in [6, 6.07) is 8.16. The number of benzene rings is 1. The molecule has 0 aromatic heterocycles. The smallest absolute Gasteiger partial charge is 0.244 e. The minimum atomic E-state index is -0.0183. The molecule has 4 heteroatoms. The van der Waals surface area contributed by atoms with E-state index in [9.17, 15) is 4.79 Å². The van der Waals surface area contributed by atoms with E-state index in [-0.39, 0.29) is 11.9 Å². The fourth-order valence-electron chi connectivity index (χ4n) is 3.22. The van der Waals surface area contributed by atoms with Gasteiger partial charge in [0.05, 0.1) is 17.4 Å². The number of fused-ring (bicyclic) bond motifs is 1. The van der Waals surface area contributed by atoms with Crippen molar-refractivity contribution >= 4 is 17.3 Å². The number of carbonyl (C=O) groups excluding carboxylic acids is 1. The lowest BCUT2D eigenvalue weighted by atomic mass is 9.93. The number of hydrogen-bond donors (Lipinski definition) is 1. The molecule has 1 N–H and O–H groups in total. The van der Waals surface area contributed by atoms with Crippen molar-refractivity contribution < 1.29 is 4.79 Å². The number of amides is 1. The zero-order valence-corrected chi connectivity index (χ0v) is 12.3. The van der Waals surface area contributed by atoms with Crippen molar-refractivity contribution in [3.8, 4) is 0 Å². The van der Waals surface area contributed by atoms with Crippen LogP contribution in [0, 0.1) is 5.92 Å². The van der Waals surface area contributed by atoms with Crippen molar-refractivity contribution in [2.24, 2.45) is 5.92 Å². The fourth-order valence-corrected chi connectivity index (χ4v) is 3.22. The zero-order valence-electron chi connectivity index (χ0n) is 12.3. The molecular formula is C16H23N3O. The Morgan fingerprint density at radius 1 is 1.25 bits per heavy atom. The predicted molar refractivity (Wildman–Crippen MR) is 82.3 cm³/mol. The third kappa shape index (κ3) is 2.40. The number of para-hydroxylation sites is 2. The summed E-state index contributed by atoms with van der Waals surface area (Å²) in [4.78, 5) is 17.0. The number of carbonyl (C=O) groups is 1. The van der Waals surface area contributed by atoms with Gasteiger partial charge in [-0.2, -0.15) is 0 Å². The molecule has 1 saturated heterocycles. The van der Waals surface area contributed by atoms with Crippen LogP contribution in [0.15, 0.2) is 24.3 Å². The van der Waals surface area contributed by atoms with Gasteiger partial charge in [0.15, 0.2) is 0 Å². The highest BCUT2D eigenvalue weighted by Gasteiger charge is 2.32. The second-order valence-electron chi connectivity index (χ2n) is 6.04. The van der Waals surface area contributed by atoms with Gasteiger partial charge in [0.2, 0.25) is 5.91 Å². The monoisotopic (exact) mass is 273 g/mol. The molecule has 1 aromatic rings. The van der Waals surface area contributed by atoms with E-state index in [0.29, 0.717) is 5.92 Å². The molecule has 0 radical (unpaired) electrons. The molecule has 2 atom stereocenters. The first-order chi connectivity index (χ1) is 9.66. The zero-order chi connectivity index (χ0) is 14.1. The Labute approximate surface area is 120 Å². The summed E-state index contributed by atoms with van der Waals surface area (Å²) in [5, 5.41) is 3.38. The van der Waals surface area contributed by atoms with Crippen LogP contribution in [0.3, 0.4) is 0 Å². The highest BCUT2D eigenvalue weighted by Crippen LogP contribution is 2.32. The molecule has 2 unspecified atom stereocenters. The van der Waals surface area contributed by atoms with Crippen LogP contribution < -0.4 is 15.1 Å². The topological polar surface area (TPSA) is 35.6 Å². The van der Waals surface area contributed by atoms with Gasteiger partial charge >= 0.3 is 0 Å². The van der Waals surface area contributed by atoms with E-state index in [2.05, 4.69) is 36.3 Å². The fraction of sp³-hybridized carbons (Fsp3) is 0.562. The van der Waals surface area contributed by atoms with Gasteiger partial charge in [0, 0.05) is 20.1 Å². The molecule has 1 aromatic carbocycles. The Kier molecular flexibility index (Phi) is 3.66. The summed E-state index contributed by atoms with van der Waals surface area (Å²) in [7, 11) is 2.08. The molecule has 20 heavy (non-hydrogen) atoms. The average molecular weight is 273 g/mol. The summed E-state index contributed by atoms with van der Waals surface area (Å²) >= 11 is 0. The third-order valence-corrected chi connectivity index (χ3v) is 4.47. The number of nitrogens with zero attached hydrogens (tertiary/aromatic N) is 2. The molecule has 2 aliphatic heterocycles. The molecule has 0 saturated carbocycles. The lowest BCUT2D eigenvalue weighted by Gasteiger charge is -2.38. The maximum absolute atomic E-state index is 12.8. The van der Waals surface area contributed by atoms with Crippen LogP contribution >= 0.6 is 0 Å². The SMILES string of the molecule is CC1CCNC(C(=O)N2CCN(C)c3ccccc32)C1. The molecule has 4 nitrogen and oxygen atoms in total. The highest BCUT2D eigenvalue weighted by atomic mass is 16.2. The summed E-state index contributed by atoms with van der Waals surface area (Å²) in [5.74, 6) is 0.866. The van der Waals surface area contributed by atoms with Gasteiger partial charge in [0.1, 0.15) is 0 Å². The van der Waals surface area contributed by atoms with Crippen LogP contribution in [0.2, 0.25) is 0 Å². The molecule has 2 aliphatic rings. The van der Waals surface area contributed by atoms with Crippen molar-refractivity contribution in [3.05, 3.63) is 24.3 Å². The van der Waals surface area contributed by atoms with Gasteiger partial charge in [0.25, 0.3) is 0 Å². The van der Waals surface area contributed by atoms with Gasteiger partial charge in [-0.1, -0.05) is 19.1 Å². The van der Waals surface area contributed by atoms with Crippen LogP contribution in [-0.4, -0.2) is 38.6 Å². The van der Waals surface area contributed by atoms with E-state index in [1.165, 1.54) is 6.42 Å². The highest BCUT2D eigenvalue weighted by molar-refractivity contribution is 6.00. The molecule has 0 aliphatic carbocycles. The quantitative estimate of drug-likeness (QED) is 0.848. The van der Waals surface area contributed by atoms with Crippen LogP contribution in [0.25, 0.3) is 0 Å². The number of nitrogens with one attached hydrogen (secondary N) is 1. The molecule has 108 valence electrons. The van der Waals surface area contributed by atoms with Gasteiger partial charge < -0.3 is 15.1 Å². The number of hydrogen-bond acceptors (Lipinski definition) is 3. The van der Waals surface area contributed by atoms with Gasteiger partial charge in [-0.3, -0.25) is 4.79 Å². The van der Waals surface area contributed by atoms with E-state index >= 15 is 0 Å². The minimum absolute atomic E-state index is 0.0183. The third-order valence-electron chi connectivity index (χ3n) is 4.47. The van der Waals surface area contributed by atoms with E-state index < -0.39 is 0 Å². The molecule has 0 bridgehead atoms. The largest absolute Gasteiger partial charge is 0.371 e. The normalized spacial score (nSPS) is 26.3. The van der Waals surface area contributed by atoms with E-state index in [0.717, 1.165) is 37.4 Å². The number of rotatable bonds is 1. The van der Waals surface area contributed by atoms with Crippen molar-refractivity contribution in [3.63, 3.8) is 0 Å². The first-order valence-corrected chi connectivity index (χ1v) is 7.51. The number of likely N-dealkylation sites (N-methyl/N-ethyl adjacent to an activating group) is 1. The van der Waals surface area contributed by atoms with Crippen molar-refractivity contribution in [2.75, 3.05) is 36.5 Å². The Morgan fingerprint density at radius 3 is 2.75 bits per heavy atom. The van der Waals surface area contributed by atoms with Crippen molar-refractivity contribution in [1.29, 1.82) is 0 Å². The molecular weight excluding hydrogens is 250 g/mol. The summed E-state index contributed by atoms with van der Waals surface area (Å²) in [6.45, 7) is 4.86. The van der Waals surface area contributed by atoms with Gasteiger partial charge in [-0.15, -0.1) is 0 Å². The van der Waals surface area contributed by atoms with Crippen molar-refractivity contribution in [1.82, 2.24) is 5.32 Å². The Morgan fingerprint density at radius 2 is 2.00 bits per heavy atom. The first kappa shape index (κ1) is 13.4. The predicted octanol–water partition coefficient (Wildman–Crippen LogP) is 1.86. The summed E-state index contributed by atoms with van der Waals surface area (Å²) in [5.41, 5.74) is 2.20. The van der Waals surface area contributed by atoms with Crippen LogP contribution in [0.5, 0.6) is 0 Å². The molecule has 2 heterocycles. The summed E-state index contributed by atoms with van der Waals surface area (Å²) < 4.78 is 0. The molecule has 1 fully saturated rings. The van der Waals surface area contributed by atoms with Crippen molar-refractivity contribution in [2.45, 2.75) is 25.8 Å². The average Bonchev–Trinajstić information content (AvgIpc) is 2.47. The van der Waals surface area contributed by atoms with Crippen LogP contribution in [-0.2, 0) is 4.79 Å². The van der Waals surface area contributed by atoms with E-state index in [1.54, 1.807) is 0 Å². The maximum Gasteiger partial charge on any atom is 0.244 e. The van der Waals surface area contributed by atoms with Gasteiger partial charge in [-0.05, 0) is 37.4 Å². The minimum Gasteiger partial charge on any atom is -0.371 e. The Hall–Kier alpha value is -1.55. The second-order valence-corrected chi connectivity index (χ2v) is 6.04.